The summed E-state index contributed by atoms with van der Waals surface area (Å²) in [4.78, 5) is 0. The molecule has 0 amide bonds. The average Bonchev–Trinajstić information content (AvgIpc) is 3.21. The van der Waals surface area contributed by atoms with Gasteiger partial charge in [-0.25, -0.2) is 0 Å². The molecule has 3 aromatic carbocycles. The number of hydrogen-bond donors (Lipinski definition) is 1. The van der Waals surface area contributed by atoms with Crippen molar-refractivity contribution >= 4 is 11.8 Å². The van der Waals surface area contributed by atoms with Gasteiger partial charge in [-0.1, -0.05) is 91.0 Å². The van der Waals surface area contributed by atoms with Crippen molar-refractivity contribution in [1.29, 1.82) is 0 Å². The van der Waals surface area contributed by atoms with Crippen molar-refractivity contribution in [2.24, 2.45) is 0 Å². The Kier molecular flexibility index (Phi) is 4.91. The Balaban J connectivity index is 1.93. The summed E-state index contributed by atoms with van der Waals surface area (Å²) in [5, 5.41) is 4.14. The van der Waals surface area contributed by atoms with Crippen LogP contribution in [0.5, 0.6) is 0 Å². The lowest BCUT2D eigenvalue weighted by molar-refractivity contribution is 0.850. The van der Waals surface area contributed by atoms with E-state index in [4.69, 9.17) is 0 Å². The van der Waals surface area contributed by atoms with E-state index in [1.807, 2.05) is 0 Å². The van der Waals surface area contributed by atoms with Gasteiger partial charge in [0.1, 0.15) is 0 Å². The summed E-state index contributed by atoms with van der Waals surface area (Å²) < 4.78 is -0.180. The van der Waals surface area contributed by atoms with Crippen LogP contribution < -0.4 is 5.32 Å². The van der Waals surface area contributed by atoms with Gasteiger partial charge in [0.05, 0.1) is 4.75 Å². The fourth-order valence-corrected chi connectivity index (χ4v) is 5.45. The predicted molar refractivity (Wildman–Crippen MR) is 108 cm³/mol. The van der Waals surface area contributed by atoms with E-state index in [0.717, 1.165) is 13.1 Å². The third-order valence-corrected chi connectivity index (χ3v) is 6.70. The lowest BCUT2D eigenvalue weighted by Crippen LogP contribution is -2.29. The van der Waals surface area contributed by atoms with Crippen molar-refractivity contribution in [2.45, 2.75) is 16.4 Å². The highest BCUT2D eigenvalue weighted by Gasteiger charge is 2.39. The standard InChI is InChI=1S/C23H23NS/c1-4-10-19(11-5-1)23(20-12-6-2-7-13-20,21-14-8-3-9-15-21)25-22-16-17-24-18-22/h1-15,22,24H,16-18H2. The molecule has 1 unspecified atom stereocenters. The number of thioether (sulfide) groups is 1. The molecule has 0 bridgehead atoms. The largest absolute Gasteiger partial charge is 0.316 e. The van der Waals surface area contributed by atoms with Crippen molar-refractivity contribution in [3.63, 3.8) is 0 Å². The Bertz CT molecular complexity index is 683. The molecule has 0 aliphatic carbocycles. The highest BCUT2D eigenvalue weighted by Crippen LogP contribution is 2.50. The minimum atomic E-state index is -0.180. The first-order valence-electron chi connectivity index (χ1n) is 8.95. The van der Waals surface area contributed by atoms with Crippen LogP contribution in [0.4, 0.5) is 0 Å². The molecule has 126 valence electrons. The van der Waals surface area contributed by atoms with Gasteiger partial charge in [-0.05, 0) is 29.7 Å². The molecule has 0 radical (unpaired) electrons. The van der Waals surface area contributed by atoms with Crippen molar-refractivity contribution in [3.05, 3.63) is 108 Å². The van der Waals surface area contributed by atoms with Gasteiger partial charge in [0.2, 0.25) is 0 Å². The van der Waals surface area contributed by atoms with Crippen molar-refractivity contribution in [1.82, 2.24) is 5.32 Å². The first-order chi connectivity index (χ1) is 12.4. The van der Waals surface area contributed by atoms with E-state index in [2.05, 4.69) is 108 Å². The summed E-state index contributed by atoms with van der Waals surface area (Å²) in [6.07, 6.45) is 1.22. The molecule has 25 heavy (non-hydrogen) atoms. The van der Waals surface area contributed by atoms with Gasteiger partial charge in [-0.15, -0.1) is 11.8 Å². The molecule has 1 N–H and O–H groups in total. The molecule has 1 saturated heterocycles. The molecule has 3 aromatic rings. The Hall–Kier alpha value is -2.03. The third kappa shape index (κ3) is 3.24. The Morgan fingerprint density at radius 1 is 0.680 bits per heavy atom. The fourth-order valence-electron chi connectivity index (χ4n) is 3.70. The first-order valence-corrected chi connectivity index (χ1v) is 9.83. The van der Waals surface area contributed by atoms with Crippen LogP contribution in [0.3, 0.4) is 0 Å². The highest BCUT2D eigenvalue weighted by molar-refractivity contribution is 8.01. The zero-order valence-electron chi connectivity index (χ0n) is 14.3. The van der Waals surface area contributed by atoms with Crippen LogP contribution in [0.1, 0.15) is 23.1 Å². The average molecular weight is 346 g/mol. The minimum Gasteiger partial charge on any atom is -0.316 e. The molecule has 1 atom stereocenters. The van der Waals surface area contributed by atoms with Gasteiger partial charge < -0.3 is 5.32 Å². The number of benzene rings is 3. The molecule has 2 heteroatoms. The lowest BCUT2D eigenvalue weighted by atomic mass is 9.84. The van der Waals surface area contributed by atoms with Crippen LogP contribution in [0.15, 0.2) is 91.0 Å². The monoisotopic (exact) mass is 345 g/mol. The number of hydrogen-bond acceptors (Lipinski definition) is 2. The summed E-state index contributed by atoms with van der Waals surface area (Å²) >= 11 is 2.10. The first kappa shape index (κ1) is 16.4. The summed E-state index contributed by atoms with van der Waals surface area (Å²) in [7, 11) is 0. The van der Waals surface area contributed by atoms with Gasteiger partial charge in [0.15, 0.2) is 0 Å². The zero-order chi connectivity index (χ0) is 17.0. The fraction of sp³-hybridized carbons (Fsp3) is 0.217. The van der Waals surface area contributed by atoms with E-state index in [1.165, 1.54) is 23.1 Å². The van der Waals surface area contributed by atoms with E-state index in [0.29, 0.717) is 5.25 Å². The highest BCUT2D eigenvalue weighted by atomic mass is 32.2. The molecular weight excluding hydrogens is 322 g/mol. The van der Waals surface area contributed by atoms with Crippen LogP contribution in [0.2, 0.25) is 0 Å². The molecule has 1 aliphatic rings. The van der Waals surface area contributed by atoms with Crippen molar-refractivity contribution in [3.8, 4) is 0 Å². The predicted octanol–water partition coefficient (Wildman–Crippen LogP) is 5.07. The van der Waals surface area contributed by atoms with Gasteiger partial charge in [0, 0.05) is 11.8 Å². The number of rotatable bonds is 5. The van der Waals surface area contributed by atoms with Gasteiger partial charge >= 0.3 is 0 Å². The summed E-state index contributed by atoms with van der Waals surface area (Å²) in [6, 6.07) is 32.9. The molecule has 0 aromatic heterocycles. The second-order valence-electron chi connectivity index (χ2n) is 6.51. The van der Waals surface area contributed by atoms with Gasteiger partial charge in [0.25, 0.3) is 0 Å². The smallest absolute Gasteiger partial charge is 0.0910 e. The maximum atomic E-state index is 3.53. The summed E-state index contributed by atoms with van der Waals surface area (Å²) in [5.41, 5.74) is 4.05. The van der Waals surface area contributed by atoms with Gasteiger partial charge in [-0.2, -0.15) is 0 Å². The minimum absolute atomic E-state index is 0.180. The van der Waals surface area contributed by atoms with E-state index >= 15 is 0 Å². The normalized spacial score (nSPS) is 17.5. The van der Waals surface area contributed by atoms with Crippen molar-refractivity contribution in [2.75, 3.05) is 13.1 Å². The van der Waals surface area contributed by atoms with Crippen LogP contribution in [-0.2, 0) is 4.75 Å². The SMILES string of the molecule is c1ccc(C(SC2CCNC2)(c2ccccc2)c2ccccc2)cc1. The Morgan fingerprint density at radius 2 is 1.12 bits per heavy atom. The molecule has 1 nitrogen and oxygen atoms in total. The second kappa shape index (κ2) is 7.47. The van der Waals surface area contributed by atoms with E-state index in [-0.39, 0.29) is 4.75 Å². The number of nitrogens with one attached hydrogen (secondary N) is 1. The van der Waals surface area contributed by atoms with Crippen molar-refractivity contribution < 1.29 is 0 Å². The summed E-state index contributed by atoms with van der Waals surface area (Å²) in [5.74, 6) is 0. The summed E-state index contributed by atoms with van der Waals surface area (Å²) in [6.45, 7) is 2.20. The Labute approximate surface area is 154 Å². The van der Waals surface area contributed by atoms with Crippen LogP contribution in [0, 0.1) is 0 Å². The maximum Gasteiger partial charge on any atom is 0.0910 e. The maximum absolute atomic E-state index is 3.53. The zero-order valence-corrected chi connectivity index (χ0v) is 15.1. The lowest BCUT2D eigenvalue weighted by Gasteiger charge is -2.37. The molecule has 0 spiro atoms. The molecule has 1 aliphatic heterocycles. The Morgan fingerprint density at radius 3 is 1.48 bits per heavy atom. The quantitative estimate of drug-likeness (QED) is 0.648. The van der Waals surface area contributed by atoms with Crippen LogP contribution in [0.25, 0.3) is 0 Å². The van der Waals surface area contributed by atoms with E-state index in [1.54, 1.807) is 0 Å². The molecule has 4 rings (SSSR count). The van der Waals surface area contributed by atoms with E-state index < -0.39 is 0 Å². The molecular formula is C23H23NS. The van der Waals surface area contributed by atoms with Crippen LogP contribution >= 0.6 is 11.8 Å². The topological polar surface area (TPSA) is 12.0 Å². The molecule has 1 heterocycles. The third-order valence-electron chi connectivity index (χ3n) is 4.90. The second-order valence-corrected chi connectivity index (χ2v) is 8.03. The van der Waals surface area contributed by atoms with E-state index in [9.17, 15) is 0 Å². The van der Waals surface area contributed by atoms with Crippen LogP contribution in [-0.4, -0.2) is 18.3 Å². The molecule has 1 fully saturated rings. The molecule has 0 saturated carbocycles. The van der Waals surface area contributed by atoms with Gasteiger partial charge in [-0.3, -0.25) is 0 Å².